The van der Waals surface area contributed by atoms with Crippen molar-refractivity contribution in [3.05, 3.63) is 46.5 Å². The summed E-state index contributed by atoms with van der Waals surface area (Å²) in [4.78, 5) is 2.18. The van der Waals surface area contributed by atoms with E-state index in [-0.39, 0.29) is 0 Å². The van der Waals surface area contributed by atoms with Gasteiger partial charge in [-0.25, -0.2) is 13.1 Å². The Kier molecular flexibility index (Phi) is 5.38. The molecule has 1 fully saturated rings. The number of sulfonamides is 1. The van der Waals surface area contributed by atoms with Gasteiger partial charge in [0.1, 0.15) is 5.82 Å². The number of benzene rings is 1. The summed E-state index contributed by atoms with van der Waals surface area (Å²) >= 11 is 5.59. The van der Waals surface area contributed by atoms with Crippen LogP contribution >= 0.6 is 12.2 Å². The number of hydrogen-bond acceptors (Lipinski definition) is 5. The van der Waals surface area contributed by atoms with Crippen LogP contribution in [0.15, 0.2) is 30.3 Å². The molecule has 0 saturated carbocycles. The molecule has 0 atom stereocenters. The molecule has 7 nitrogen and oxygen atoms in total. The molecule has 136 valence electrons. The highest BCUT2D eigenvalue weighted by molar-refractivity contribution is 7.88. The van der Waals surface area contributed by atoms with Crippen LogP contribution in [0.3, 0.4) is 0 Å². The number of hydrogen-bond donors (Lipinski definition) is 0. The van der Waals surface area contributed by atoms with Crippen molar-refractivity contribution in [3.63, 3.8) is 0 Å². The van der Waals surface area contributed by atoms with Gasteiger partial charge < -0.3 is 0 Å². The van der Waals surface area contributed by atoms with E-state index in [0.29, 0.717) is 44.2 Å². The van der Waals surface area contributed by atoms with E-state index in [1.807, 2.05) is 34.4 Å². The highest BCUT2D eigenvalue weighted by Crippen LogP contribution is 2.10. The summed E-state index contributed by atoms with van der Waals surface area (Å²) in [5, 5.41) is 4.57. The van der Waals surface area contributed by atoms with Crippen molar-refractivity contribution in [1.82, 2.24) is 23.6 Å². The Morgan fingerprint density at radius 3 is 2.36 bits per heavy atom. The Hall–Kier alpha value is -1.55. The lowest BCUT2D eigenvalue weighted by Crippen LogP contribution is -2.48. The average Bonchev–Trinajstić information content (AvgIpc) is 2.83. The fourth-order valence-corrected chi connectivity index (χ4v) is 4.10. The highest BCUT2D eigenvalue weighted by atomic mass is 32.2. The molecule has 0 aliphatic carbocycles. The van der Waals surface area contributed by atoms with E-state index >= 15 is 0 Å². The van der Waals surface area contributed by atoms with Crippen LogP contribution < -0.4 is 0 Å². The minimum absolute atomic E-state index is 0.510. The van der Waals surface area contributed by atoms with Gasteiger partial charge >= 0.3 is 0 Å². The van der Waals surface area contributed by atoms with Crippen LogP contribution in [0.25, 0.3) is 0 Å². The summed E-state index contributed by atoms with van der Waals surface area (Å²) in [6.07, 6.45) is 1.26. The summed E-state index contributed by atoms with van der Waals surface area (Å²) in [5.41, 5.74) is 1.18. The second-order valence-electron chi connectivity index (χ2n) is 6.32. The highest BCUT2D eigenvalue weighted by Gasteiger charge is 2.23. The molecular weight excluding hydrogens is 358 g/mol. The molecule has 1 saturated heterocycles. The molecule has 3 rings (SSSR count). The second kappa shape index (κ2) is 7.36. The lowest BCUT2D eigenvalue weighted by atomic mass is 10.2. The molecule has 0 spiro atoms. The monoisotopic (exact) mass is 381 g/mol. The molecule has 9 heteroatoms. The number of aromatic nitrogens is 3. The predicted octanol–water partition coefficient (Wildman–Crippen LogP) is 1.31. The third kappa shape index (κ3) is 4.35. The summed E-state index contributed by atoms with van der Waals surface area (Å²) in [6, 6.07) is 10.2. The maximum Gasteiger partial charge on any atom is 0.211 e. The molecule has 1 aliphatic heterocycles. The van der Waals surface area contributed by atoms with Crippen LogP contribution in [-0.4, -0.2) is 64.4 Å². The molecular formula is C16H23N5O2S2. The van der Waals surface area contributed by atoms with Gasteiger partial charge in [-0.2, -0.15) is 9.40 Å². The van der Waals surface area contributed by atoms with Crippen molar-refractivity contribution in [2.45, 2.75) is 20.1 Å². The predicted molar refractivity (Wildman–Crippen MR) is 99.3 cm³/mol. The quantitative estimate of drug-likeness (QED) is 0.731. The average molecular weight is 382 g/mol. The zero-order valence-corrected chi connectivity index (χ0v) is 16.1. The van der Waals surface area contributed by atoms with Crippen molar-refractivity contribution in [2.24, 2.45) is 0 Å². The van der Waals surface area contributed by atoms with Crippen LogP contribution in [0.1, 0.15) is 11.4 Å². The summed E-state index contributed by atoms with van der Waals surface area (Å²) in [6.45, 7) is 5.62. The number of aryl methyl sites for hydroxylation is 1. The maximum atomic E-state index is 11.6. The topological polar surface area (TPSA) is 63.4 Å². The minimum atomic E-state index is -3.11. The third-order valence-corrected chi connectivity index (χ3v) is 6.16. The normalized spacial score (nSPS) is 17.0. The van der Waals surface area contributed by atoms with Gasteiger partial charge in [0.05, 0.1) is 19.5 Å². The van der Waals surface area contributed by atoms with Crippen LogP contribution in [0.2, 0.25) is 0 Å². The summed E-state index contributed by atoms with van der Waals surface area (Å²) in [5.74, 6) is 0.878. The van der Waals surface area contributed by atoms with E-state index in [0.717, 1.165) is 5.82 Å². The van der Waals surface area contributed by atoms with Gasteiger partial charge in [-0.05, 0) is 24.7 Å². The Labute approximate surface area is 153 Å². The summed E-state index contributed by atoms with van der Waals surface area (Å²) < 4.78 is 29.2. The van der Waals surface area contributed by atoms with E-state index in [2.05, 4.69) is 22.1 Å². The first-order chi connectivity index (χ1) is 11.8. The van der Waals surface area contributed by atoms with E-state index in [4.69, 9.17) is 12.2 Å². The first kappa shape index (κ1) is 18.2. The van der Waals surface area contributed by atoms with E-state index in [1.165, 1.54) is 16.1 Å². The molecule has 0 unspecified atom stereocenters. The summed E-state index contributed by atoms with van der Waals surface area (Å²) in [7, 11) is -3.11. The molecule has 1 aliphatic rings. The molecule has 1 aromatic carbocycles. The van der Waals surface area contributed by atoms with Gasteiger partial charge in [0, 0.05) is 26.2 Å². The molecule has 25 heavy (non-hydrogen) atoms. The van der Waals surface area contributed by atoms with E-state index in [1.54, 1.807) is 0 Å². The first-order valence-corrected chi connectivity index (χ1v) is 10.5. The molecule has 0 radical (unpaired) electrons. The molecule has 0 N–H and O–H groups in total. The lowest BCUT2D eigenvalue weighted by Gasteiger charge is -2.32. The van der Waals surface area contributed by atoms with E-state index in [9.17, 15) is 8.42 Å². The molecule has 1 aromatic heterocycles. The Bertz CT molecular complexity index is 881. The number of rotatable bonds is 5. The van der Waals surface area contributed by atoms with Gasteiger partial charge in [0.15, 0.2) is 4.77 Å². The van der Waals surface area contributed by atoms with Crippen molar-refractivity contribution in [1.29, 1.82) is 0 Å². The number of piperazine rings is 1. The first-order valence-electron chi connectivity index (χ1n) is 8.20. The SMILES string of the molecule is Cc1nn(CN2CCN(S(C)(=O)=O)CC2)c(=S)n1Cc1ccccc1. The van der Waals surface area contributed by atoms with Gasteiger partial charge in [0.2, 0.25) is 10.0 Å². The van der Waals surface area contributed by atoms with Crippen molar-refractivity contribution in [3.8, 4) is 0 Å². The zero-order chi connectivity index (χ0) is 18.0. The largest absolute Gasteiger partial charge is 0.300 e. The van der Waals surface area contributed by atoms with Crippen molar-refractivity contribution < 1.29 is 8.42 Å². The smallest absolute Gasteiger partial charge is 0.211 e. The Morgan fingerprint density at radius 1 is 1.12 bits per heavy atom. The standard InChI is InChI=1S/C16H23N5O2S2/c1-14-17-21(13-18-8-10-19(11-9-18)25(2,22)23)16(24)20(14)12-15-6-4-3-5-7-15/h3-7H,8-13H2,1-2H3. The van der Waals surface area contributed by atoms with E-state index < -0.39 is 10.0 Å². The van der Waals surface area contributed by atoms with Crippen molar-refractivity contribution in [2.75, 3.05) is 32.4 Å². The maximum absolute atomic E-state index is 11.6. The van der Waals surface area contributed by atoms with Crippen LogP contribution in [-0.2, 0) is 23.2 Å². The van der Waals surface area contributed by atoms with Gasteiger partial charge in [0.25, 0.3) is 0 Å². The van der Waals surface area contributed by atoms with Crippen LogP contribution in [0.4, 0.5) is 0 Å². The molecule has 2 aromatic rings. The zero-order valence-electron chi connectivity index (χ0n) is 14.5. The van der Waals surface area contributed by atoms with Gasteiger partial charge in [-0.15, -0.1) is 0 Å². The fourth-order valence-electron chi connectivity index (χ4n) is 2.98. The van der Waals surface area contributed by atoms with Crippen molar-refractivity contribution >= 4 is 22.2 Å². The minimum Gasteiger partial charge on any atom is -0.300 e. The van der Waals surface area contributed by atoms with Gasteiger partial charge in [-0.1, -0.05) is 30.3 Å². The lowest BCUT2D eigenvalue weighted by molar-refractivity contribution is 0.145. The van der Waals surface area contributed by atoms with Crippen LogP contribution in [0.5, 0.6) is 0 Å². The van der Waals surface area contributed by atoms with Crippen LogP contribution in [0, 0.1) is 11.7 Å². The number of nitrogens with zero attached hydrogens (tertiary/aromatic N) is 5. The molecule has 2 heterocycles. The fraction of sp³-hybridized carbons (Fsp3) is 0.500. The Morgan fingerprint density at radius 2 is 1.76 bits per heavy atom. The second-order valence-corrected chi connectivity index (χ2v) is 8.67. The third-order valence-electron chi connectivity index (χ3n) is 4.43. The van der Waals surface area contributed by atoms with Gasteiger partial charge in [-0.3, -0.25) is 9.47 Å². The Balaban J connectivity index is 1.68. The molecule has 0 bridgehead atoms. The molecule has 0 amide bonds.